The van der Waals surface area contributed by atoms with E-state index in [-0.39, 0.29) is 5.56 Å². The van der Waals surface area contributed by atoms with Crippen molar-refractivity contribution in [3.8, 4) is 0 Å². The molecule has 2 aromatic carbocycles. The van der Waals surface area contributed by atoms with Gasteiger partial charge in [0.15, 0.2) is 0 Å². The van der Waals surface area contributed by atoms with Gasteiger partial charge in [0.2, 0.25) is 0 Å². The Kier molecular flexibility index (Phi) is 5.65. The molecule has 0 unspecified atom stereocenters. The van der Waals surface area contributed by atoms with Crippen LogP contribution in [0.3, 0.4) is 0 Å². The second kappa shape index (κ2) is 8.52. The van der Waals surface area contributed by atoms with Crippen LogP contribution in [0.4, 0.5) is 5.69 Å². The second-order valence-electron chi connectivity index (χ2n) is 7.54. The maximum absolute atomic E-state index is 12.5. The van der Waals surface area contributed by atoms with Crippen LogP contribution >= 0.6 is 0 Å². The zero-order chi connectivity index (χ0) is 20.2. The highest BCUT2D eigenvalue weighted by Crippen LogP contribution is 2.28. The number of nitrogens with zero attached hydrogens (tertiary/aromatic N) is 1. The van der Waals surface area contributed by atoms with Gasteiger partial charge in [0.1, 0.15) is 11.1 Å². The van der Waals surface area contributed by atoms with E-state index in [1.807, 2.05) is 12.1 Å². The number of amides is 1. The maximum Gasteiger partial charge on any atom is 0.349 e. The van der Waals surface area contributed by atoms with Gasteiger partial charge >= 0.3 is 5.63 Å². The summed E-state index contributed by atoms with van der Waals surface area (Å²) >= 11 is 0. The van der Waals surface area contributed by atoms with Gasteiger partial charge in [-0.15, -0.1) is 0 Å². The number of carbonyl (C=O) groups is 1. The average molecular weight is 390 g/mol. The molecule has 1 aliphatic rings. The van der Waals surface area contributed by atoms with E-state index in [0.29, 0.717) is 12.1 Å². The number of nitrogens with one attached hydrogen (secondary N) is 1. The van der Waals surface area contributed by atoms with E-state index in [1.54, 1.807) is 18.2 Å². The molecule has 2 heterocycles. The highest BCUT2D eigenvalue weighted by atomic mass is 16.4. The molecular formula is C24H26N2O3. The molecule has 5 nitrogen and oxygen atoms in total. The second-order valence-corrected chi connectivity index (χ2v) is 7.54. The van der Waals surface area contributed by atoms with E-state index in [1.165, 1.54) is 23.2 Å². The molecule has 0 spiro atoms. The molecule has 0 saturated carbocycles. The van der Waals surface area contributed by atoms with Crippen LogP contribution in [0.5, 0.6) is 0 Å². The van der Waals surface area contributed by atoms with Crippen molar-refractivity contribution in [2.45, 2.75) is 32.6 Å². The smallest absolute Gasteiger partial charge is 0.349 e. The number of para-hydroxylation sites is 1. The Hall–Kier alpha value is -3.08. The zero-order valence-electron chi connectivity index (χ0n) is 16.7. The van der Waals surface area contributed by atoms with Crippen LogP contribution in [0, 0.1) is 0 Å². The molecular weight excluding hydrogens is 364 g/mol. The first-order valence-electron chi connectivity index (χ1n) is 10.3. The quantitative estimate of drug-likeness (QED) is 0.648. The van der Waals surface area contributed by atoms with E-state index < -0.39 is 11.5 Å². The molecule has 0 saturated heterocycles. The summed E-state index contributed by atoms with van der Waals surface area (Å²) < 4.78 is 5.25. The van der Waals surface area contributed by atoms with Crippen molar-refractivity contribution in [3.63, 3.8) is 0 Å². The summed E-state index contributed by atoms with van der Waals surface area (Å²) in [7, 11) is 0. The predicted molar refractivity (Wildman–Crippen MR) is 116 cm³/mol. The predicted octanol–water partition coefficient (Wildman–Crippen LogP) is 3.93. The van der Waals surface area contributed by atoms with Crippen LogP contribution < -0.4 is 15.8 Å². The highest BCUT2D eigenvalue weighted by Gasteiger charge is 2.17. The van der Waals surface area contributed by atoms with Gasteiger partial charge in [-0.25, -0.2) is 4.79 Å². The van der Waals surface area contributed by atoms with Crippen LogP contribution in [0.2, 0.25) is 0 Å². The Bertz CT molecular complexity index is 1090. The molecule has 4 rings (SSSR count). The van der Waals surface area contributed by atoms with Gasteiger partial charge in [-0.05, 0) is 55.0 Å². The Morgan fingerprint density at radius 3 is 2.90 bits per heavy atom. The molecule has 1 N–H and O–H groups in total. The van der Waals surface area contributed by atoms with Crippen LogP contribution in [-0.2, 0) is 12.8 Å². The van der Waals surface area contributed by atoms with Crippen molar-refractivity contribution in [1.82, 2.24) is 5.32 Å². The van der Waals surface area contributed by atoms with Crippen molar-refractivity contribution in [2.24, 2.45) is 0 Å². The fourth-order valence-electron chi connectivity index (χ4n) is 4.02. The number of rotatable bonds is 6. The van der Waals surface area contributed by atoms with Gasteiger partial charge in [-0.3, -0.25) is 4.79 Å². The molecule has 0 atom stereocenters. The van der Waals surface area contributed by atoms with E-state index in [2.05, 4.69) is 35.3 Å². The molecule has 0 fully saturated rings. The number of hydrogen-bond acceptors (Lipinski definition) is 4. The monoisotopic (exact) mass is 390 g/mol. The van der Waals surface area contributed by atoms with Crippen molar-refractivity contribution in [2.75, 3.05) is 24.5 Å². The lowest BCUT2D eigenvalue weighted by Gasteiger charge is -2.31. The zero-order valence-corrected chi connectivity index (χ0v) is 16.7. The highest BCUT2D eigenvalue weighted by molar-refractivity contribution is 5.96. The Balaban J connectivity index is 1.41. The summed E-state index contributed by atoms with van der Waals surface area (Å²) in [5, 5.41) is 3.59. The van der Waals surface area contributed by atoms with Crippen LogP contribution in [0.25, 0.3) is 11.0 Å². The topological polar surface area (TPSA) is 62.6 Å². The van der Waals surface area contributed by atoms with Gasteiger partial charge < -0.3 is 14.6 Å². The van der Waals surface area contributed by atoms with E-state index in [9.17, 15) is 9.59 Å². The fraction of sp³-hybridized carbons (Fsp3) is 0.333. The number of hydrogen-bond donors (Lipinski definition) is 1. The van der Waals surface area contributed by atoms with E-state index in [0.717, 1.165) is 37.7 Å². The third-order valence-electron chi connectivity index (χ3n) is 5.44. The maximum atomic E-state index is 12.5. The molecule has 1 aliphatic heterocycles. The number of carbonyl (C=O) groups excluding carboxylic acids is 1. The third-order valence-corrected chi connectivity index (χ3v) is 5.44. The van der Waals surface area contributed by atoms with E-state index >= 15 is 0 Å². The summed E-state index contributed by atoms with van der Waals surface area (Å²) in [4.78, 5) is 27.1. The van der Waals surface area contributed by atoms with Crippen LogP contribution in [0.15, 0.2) is 57.7 Å². The lowest BCUT2D eigenvalue weighted by atomic mass is 9.98. The largest absolute Gasteiger partial charge is 0.422 e. The van der Waals surface area contributed by atoms with Gasteiger partial charge in [0.05, 0.1) is 0 Å². The normalized spacial score (nSPS) is 13.3. The average Bonchev–Trinajstić information content (AvgIpc) is 2.73. The van der Waals surface area contributed by atoms with E-state index in [4.69, 9.17) is 4.42 Å². The summed E-state index contributed by atoms with van der Waals surface area (Å²) in [6.07, 6.45) is 4.17. The van der Waals surface area contributed by atoms with Crippen molar-refractivity contribution in [3.05, 3.63) is 75.6 Å². The van der Waals surface area contributed by atoms with Crippen molar-refractivity contribution >= 4 is 22.6 Å². The number of fused-ring (bicyclic) bond motifs is 2. The van der Waals surface area contributed by atoms with Crippen molar-refractivity contribution in [1.29, 1.82) is 0 Å². The van der Waals surface area contributed by atoms with Gasteiger partial charge in [-0.2, -0.15) is 0 Å². The number of benzene rings is 2. The van der Waals surface area contributed by atoms with Crippen molar-refractivity contribution < 1.29 is 9.21 Å². The third kappa shape index (κ3) is 4.19. The molecule has 150 valence electrons. The first-order chi connectivity index (χ1) is 14.2. The lowest BCUT2D eigenvalue weighted by molar-refractivity contribution is 0.0950. The molecule has 29 heavy (non-hydrogen) atoms. The molecule has 3 aromatic rings. The molecule has 1 amide bonds. The first kappa shape index (κ1) is 19.2. The Morgan fingerprint density at radius 1 is 1.17 bits per heavy atom. The fourth-order valence-corrected chi connectivity index (χ4v) is 4.02. The SMILES string of the molecule is CCCN1CCCc2cc(CCNC(=O)c3cc4ccccc4oc3=O)ccc21. The summed E-state index contributed by atoms with van der Waals surface area (Å²) in [6.45, 7) is 4.91. The number of aryl methyl sites for hydroxylation is 1. The van der Waals surface area contributed by atoms with Gasteiger partial charge in [0.25, 0.3) is 5.91 Å². The summed E-state index contributed by atoms with van der Waals surface area (Å²) in [5.41, 5.74) is 3.87. The minimum absolute atomic E-state index is 0.0457. The molecule has 1 aromatic heterocycles. The summed E-state index contributed by atoms with van der Waals surface area (Å²) in [5.74, 6) is -0.392. The standard InChI is InChI=1S/C24H26N2O3/c1-2-13-26-14-5-7-18-15-17(9-10-21(18)26)11-12-25-23(27)20-16-19-6-3-4-8-22(19)29-24(20)28/h3-4,6,8-10,15-16H,2,5,7,11-14H2,1H3,(H,25,27). The van der Waals surface area contributed by atoms with Gasteiger partial charge in [-0.1, -0.05) is 37.3 Å². The minimum atomic E-state index is -0.606. The van der Waals surface area contributed by atoms with Crippen LogP contribution in [-0.4, -0.2) is 25.5 Å². The molecule has 0 radical (unpaired) electrons. The molecule has 0 bridgehead atoms. The minimum Gasteiger partial charge on any atom is -0.422 e. The Morgan fingerprint density at radius 2 is 2.03 bits per heavy atom. The lowest BCUT2D eigenvalue weighted by Crippen LogP contribution is -2.30. The van der Waals surface area contributed by atoms with Gasteiger partial charge in [0, 0.05) is 30.7 Å². The van der Waals surface area contributed by atoms with Crippen LogP contribution in [0.1, 0.15) is 41.3 Å². The first-order valence-corrected chi connectivity index (χ1v) is 10.3. The molecule has 0 aliphatic carbocycles. The molecule has 5 heteroatoms. The Labute approximate surface area is 170 Å². The number of anilines is 1. The summed E-state index contributed by atoms with van der Waals surface area (Å²) in [6, 6.07) is 15.4.